The first-order valence-corrected chi connectivity index (χ1v) is 6.94. The van der Waals surface area contributed by atoms with Crippen molar-refractivity contribution in [2.24, 2.45) is 0 Å². The summed E-state index contributed by atoms with van der Waals surface area (Å²) >= 11 is 13.6. The fraction of sp³-hybridized carbons (Fsp3) is 0.500. The minimum Gasteiger partial charge on any atom is -0.310 e. The van der Waals surface area contributed by atoms with Crippen molar-refractivity contribution in [3.05, 3.63) is 32.5 Å². The maximum Gasteiger partial charge on any atom is 0.0992 e. The maximum atomic E-state index is 6.17. The van der Waals surface area contributed by atoms with Gasteiger partial charge in [-0.05, 0) is 32.4 Å². The lowest BCUT2D eigenvalue weighted by Gasteiger charge is -2.18. The van der Waals surface area contributed by atoms with Crippen LogP contribution in [-0.2, 0) is 0 Å². The minimum absolute atomic E-state index is 0.230. The third kappa shape index (κ3) is 4.10. The van der Waals surface area contributed by atoms with E-state index >= 15 is 0 Å². The van der Waals surface area contributed by atoms with Crippen molar-refractivity contribution in [2.45, 2.75) is 32.7 Å². The molecule has 1 unspecified atom stereocenters. The fourth-order valence-electron chi connectivity index (χ4n) is 1.55. The van der Waals surface area contributed by atoms with Crippen molar-refractivity contribution in [2.75, 3.05) is 6.54 Å². The Morgan fingerprint density at radius 1 is 1.56 bits per heavy atom. The molecule has 16 heavy (non-hydrogen) atoms. The van der Waals surface area contributed by atoms with Gasteiger partial charge in [-0.3, -0.25) is 0 Å². The molecule has 0 aromatic carbocycles. The van der Waals surface area contributed by atoms with E-state index in [1.165, 1.54) is 11.3 Å². The van der Waals surface area contributed by atoms with E-state index in [-0.39, 0.29) is 6.04 Å². The second kappa shape index (κ2) is 6.65. The molecular weight excluding hydrogens is 261 g/mol. The highest BCUT2D eigenvalue weighted by molar-refractivity contribution is 7.20. The predicted molar refractivity (Wildman–Crippen MR) is 74.8 cm³/mol. The van der Waals surface area contributed by atoms with Gasteiger partial charge >= 0.3 is 0 Å². The summed E-state index contributed by atoms with van der Waals surface area (Å²) in [6.07, 6.45) is 2.00. The largest absolute Gasteiger partial charge is 0.310 e. The number of nitrogens with one attached hydrogen (secondary N) is 1. The minimum atomic E-state index is 0.230. The van der Waals surface area contributed by atoms with Crippen molar-refractivity contribution >= 4 is 34.5 Å². The Labute approximate surface area is 111 Å². The number of hydrogen-bond donors (Lipinski definition) is 1. The molecule has 0 aliphatic heterocycles. The van der Waals surface area contributed by atoms with Gasteiger partial charge in [-0.25, -0.2) is 0 Å². The van der Waals surface area contributed by atoms with E-state index < -0.39 is 0 Å². The third-order valence-corrected chi connectivity index (χ3v) is 3.77. The van der Waals surface area contributed by atoms with Crippen LogP contribution in [-0.4, -0.2) is 6.54 Å². The topological polar surface area (TPSA) is 12.0 Å². The Morgan fingerprint density at radius 3 is 2.69 bits per heavy atom. The molecule has 0 radical (unpaired) electrons. The van der Waals surface area contributed by atoms with Crippen LogP contribution in [0.15, 0.2) is 18.2 Å². The monoisotopic (exact) mass is 277 g/mol. The van der Waals surface area contributed by atoms with E-state index in [9.17, 15) is 0 Å². The number of rotatable bonds is 6. The smallest absolute Gasteiger partial charge is 0.0992 e. The highest BCUT2D eigenvalue weighted by Crippen LogP contribution is 2.36. The van der Waals surface area contributed by atoms with Crippen molar-refractivity contribution in [3.8, 4) is 0 Å². The first kappa shape index (κ1) is 14.0. The van der Waals surface area contributed by atoms with Crippen LogP contribution in [0.3, 0.4) is 0 Å². The Bertz CT molecular complexity index is 360. The quantitative estimate of drug-likeness (QED) is 0.717. The average molecular weight is 278 g/mol. The van der Waals surface area contributed by atoms with Crippen molar-refractivity contribution in [1.29, 1.82) is 0 Å². The van der Waals surface area contributed by atoms with Crippen LogP contribution < -0.4 is 5.32 Å². The summed E-state index contributed by atoms with van der Waals surface area (Å²) in [6, 6.07) is 2.18. The first-order chi connectivity index (χ1) is 7.54. The Hall–Kier alpha value is -0.0200. The summed E-state index contributed by atoms with van der Waals surface area (Å²) in [5.41, 5.74) is 2.24. The second-order valence-corrected chi connectivity index (χ2v) is 6.23. The van der Waals surface area contributed by atoms with Gasteiger partial charge in [0.15, 0.2) is 0 Å². The summed E-state index contributed by atoms with van der Waals surface area (Å²) in [6.45, 7) is 9.10. The van der Waals surface area contributed by atoms with Gasteiger partial charge < -0.3 is 5.32 Å². The SMILES string of the molecule is C=C(C)CC(NCCC)c1cc(Cl)sc1Cl. The standard InChI is InChI=1S/C12H17Cl2NS/c1-4-5-15-10(6-8(2)3)9-7-11(13)16-12(9)14/h7,10,15H,2,4-6H2,1,3H3. The van der Waals surface area contributed by atoms with Gasteiger partial charge in [0.05, 0.1) is 8.67 Å². The van der Waals surface area contributed by atoms with Crippen molar-refractivity contribution < 1.29 is 0 Å². The summed E-state index contributed by atoms with van der Waals surface area (Å²) < 4.78 is 1.52. The molecule has 0 aliphatic carbocycles. The molecule has 0 saturated carbocycles. The second-order valence-electron chi connectivity index (χ2n) is 3.95. The number of thiophene rings is 1. The highest BCUT2D eigenvalue weighted by Gasteiger charge is 2.16. The van der Waals surface area contributed by atoms with Crippen LogP contribution >= 0.6 is 34.5 Å². The molecule has 1 aromatic heterocycles. The van der Waals surface area contributed by atoms with E-state index in [0.29, 0.717) is 0 Å². The van der Waals surface area contributed by atoms with Gasteiger partial charge in [-0.15, -0.1) is 17.9 Å². The number of hydrogen-bond acceptors (Lipinski definition) is 2. The van der Waals surface area contributed by atoms with Gasteiger partial charge in [-0.2, -0.15) is 0 Å². The molecule has 0 amide bonds. The lowest BCUT2D eigenvalue weighted by molar-refractivity contribution is 0.529. The van der Waals surface area contributed by atoms with Crippen molar-refractivity contribution in [1.82, 2.24) is 5.32 Å². The zero-order valence-corrected chi connectivity index (χ0v) is 12.0. The Balaban J connectivity index is 2.82. The Morgan fingerprint density at radius 2 is 2.25 bits per heavy atom. The number of halogens is 2. The fourth-order valence-corrected chi connectivity index (χ4v) is 3.13. The van der Waals surface area contributed by atoms with E-state index in [1.807, 2.05) is 13.0 Å². The first-order valence-electron chi connectivity index (χ1n) is 5.37. The molecule has 1 aromatic rings. The molecular formula is C12H17Cl2NS. The van der Waals surface area contributed by atoms with Gasteiger partial charge in [0, 0.05) is 11.6 Å². The lowest BCUT2D eigenvalue weighted by Crippen LogP contribution is -2.22. The summed E-state index contributed by atoms with van der Waals surface area (Å²) in [5, 5.41) is 3.47. The average Bonchev–Trinajstić information content (AvgIpc) is 2.52. The molecule has 1 heterocycles. The molecule has 0 fully saturated rings. The molecule has 0 aliphatic rings. The zero-order chi connectivity index (χ0) is 12.1. The summed E-state index contributed by atoms with van der Waals surface area (Å²) in [4.78, 5) is 0. The molecule has 1 N–H and O–H groups in total. The zero-order valence-electron chi connectivity index (χ0n) is 9.65. The van der Waals surface area contributed by atoms with Crippen LogP contribution in [0.2, 0.25) is 8.67 Å². The highest BCUT2D eigenvalue weighted by atomic mass is 35.5. The lowest BCUT2D eigenvalue weighted by atomic mass is 10.0. The third-order valence-electron chi connectivity index (χ3n) is 2.25. The van der Waals surface area contributed by atoms with Crippen LogP contribution in [0, 0.1) is 0 Å². The van der Waals surface area contributed by atoms with Crippen LogP contribution in [0.25, 0.3) is 0 Å². The molecule has 4 heteroatoms. The maximum absolute atomic E-state index is 6.17. The van der Waals surface area contributed by atoms with Crippen LogP contribution in [0.4, 0.5) is 0 Å². The predicted octanol–water partition coefficient (Wildman–Crippen LogP) is 5.06. The van der Waals surface area contributed by atoms with E-state index in [0.717, 1.165) is 39.2 Å². The molecule has 1 nitrogen and oxygen atoms in total. The summed E-state index contributed by atoms with van der Waals surface area (Å²) in [5.74, 6) is 0. The van der Waals surface area contributed by atoms with E-state index in [1.54, 1.807) is 0 Å². The van der Waals surface area contributed by atoms with Crippen LogP contribution in [0.5, 0.6) is 0 Å². The molecule has 0 bridgehead atoms. The van der Waals surface area contributed by atoms with Gasteiger partial charge in [0.1, 0.15) is 0 Å². The van der Waals surface area contributed by atoms with E-state index in [2.05, 4.69) is 18.8 Å². The molecule has 90 valence electrons. The van der Waals surface area contributed by atoms with Gasteiger partial charge in [-0.1, -0.05) is 35.7 Å². The molecule has 0 spiro atoms. The molecule has 1 rings (SSSR count). The summed E-state index contributed by atoms with van der Waals surface area (Å²) in [7, 11) is 0. The normalized spacial score (nSPS) is 12.8. The molecule has 1 atom stereocenters. The van der Waals surface area contributed by atoms with Crippen LogP contribution in [0.1, 0.15) is 38.3 Å². The van der Waals surface area contributed by atoms with Gasteiger partial charge in [0.2, 0.25) is 0 Å². The van der Waals surface area contributed by atoms with Gasteiger partial charge in [0.25, 0.3) is 0 Å². The van der Waals surface area contributed by atoms with E-state index in [4.69, 9.17) is 23.2 Å². The molecule has 0 saturated heterocycles. The van der Waals surface area contributed by atoms with Crippen molar-refractivity contribution in [3.63, 3.8) is 0 Å². The Kier molecular flexibility index (Phi) is 5.84.